The van der Waals surface area contributed by atoms with E-state index in [1.54, 1.807) is 6.07 Å². The first kappa shape index (κ1) is 14.7. The Balaban J connectivity index is 2.36. The van der Waals surface area contributed by atoms with Crippen molar-refractivity contribution in [1.82, 2.24) is 0 Å². The normalized spacial score (nSPS) is 14.0. The minimum atomic E-state index is -0.436. The van der Waals surface area contributed by atoms with Crippen LogP contribution in [-0.4, -0.2) is 0 Å². The van der Waals surface area contributed by atoms with Gasteiger partial charge in [-0.05, 0) is 48.6 Å². The number of aryl methyl sites for hydroxylation is 1. The van der Waals surface area contributed by atoms with Crippen molar-refractivity contribution < 1.29 is 4.39 Å². The molecule has 0 bridgehead atoms. The minimum Gasteiger partial charge on any atom is -0.321 e. The molecule has 2 heteroatoms. The third kappa shape index (κ3) is 3.26. The van der Waals surface area contributed by atoms with Crippen LogP contribution in [0.5, 0.6) is 0 Å². The van der Waals surface area contributed by atoms with E-state index in [4.69, 9.17) is 5.73 Å². The highest BCUT2D eigenvalue weighted by atomic mass is 19.1. The quantitative estimate of drug-likeness (QED) is 0.860. The van der Waals surface area contributed by atoms with E-state index in [2.05, 4.69) is 19.1 Å². The summed E-state index contributed by atoms with van der Waals surface area (Å²) in [5, 5.41) is 0. The van der Waals surface area contributed by atoms with Crippen LogP contribution in [0.4, 0.5) is 4.39 Å². The first-order chi connectivity index (χ1) is 9.55. The number of benzene rings is 2. The van der Waals surface area contributed by atoms with E-state index in [-0.39, 0.29) is 5.82 Å². The van der Waals surface area contributed by atoms with Gasteiger partial charge in [0, 0.05) is 5.54 Å². The predicted octanol–water partition coefficient (Wildman–Crippen LogP) is 4.33. The molecule has 2 N–H and O–H groups in total. The SMILES string of the molecule is CCCC(N)(Cc1cc(F)ccc1C)c1ccccc1. The molecule has 20 heavy (non-hydrogen) atoms. The molecule has 1 nitrogen and oxygen atoms in total. The van der Waals surface area contributed by atoms with Crippen molar-refractivity contribution in [2.75, 3.05) is 0 Å². The van der Waals surface area contributed by atoms with Crippen molar-refractivity contribution in [3.05, 3.63) is 71.0 Å². The van der Waals surface area contributed by atoms with Crippen LogP contribution in [-0.2, 0) is 12.0 Å². The van der Waals surface area contributed by atoms with Gasteiger partial charge in [0.05, 0.1) is 0 Å². The average molecular weight is 271 g/mol. The lowest BCUT2D eigenvalue weighted by molar-refractivity contribution is 0.399. The number of nitrogens with two attached hydrogens (primary N) is 1. The maximum absolute atomic E-state index is 13.5. The van der Waals surface area contributed by atoms with E-state index in [9.17, 15) is 4.39 Å². The molecule has 1 atom stereocenters. The summed E-state index contributed by atoms with van der Waals surface area (Å²) in [5.74, 6) is -0.197. The smallest absolute Gasteiger partial charge is 0.123 e. The monoisotopic (exact) mass is 271 g/mol. The number of hydrogen-bond acceptors (Lipinski definition) is 1. The first-order valence-corrected chi connectivity index (χ1v) is 7.14. The molecule has 0 spiro atoms. The summed E-state index contributed by atoms with van der Waals surface area (Å²) < 4.78 is 13.5. The molecule has 2 aromatic rings. The van der Waals surface area contributed by atoms with Gasteiger partial charge >= 0.3 is 0 Å². The largest absolute Gasteiger partial charge is 0.321 e. The summed E-state index contributed by atoms with van der Waals surface area (Å²) in [6.07, 6.45) is 2.54. The molecular formula is C18H22FN. The lowest BCUT2D eigenvalue weighted by Crippen LogP contribution is -2.39. The zero-order chi connectivity index (χ0) is 14.6. The minimum absolute atomic E-state index is 0.197. The second-order valence-electron chi connectivity index (χ2n) is 5.52. The number of rotatable bonds is 5. The highest BCUT2D eigenvalue weighted by Crippen LogP contribution is 2.29. The highest BCUT2D eigenvalue weighted by Gasteiger charge is 2.27. The predicted molar refractivity (Wildman–Crippen MR) is 82.1 cm³/mol. The van der Waals surface area contributed by atoms with Crippen molar-refractivity contribution in [1.29, 1.82) is 0 Å². The van der Waals surface area contributed by atoms with Gasteiger partial charge in [0.1, 0.15) is 5.82 Å². The molecule has 0 fully saturated rings. The summed E-state index contributed by atoms with van der Waals surface area (Å²) in [7, 11) is 0. The van der Waals surface area contributed by atoms with E-state index in [1.165, 1.54) is 6.07 Å². The number of hydrogen-bond donors (Lipinski definition) is 1. The zero-order valence-electron chi connectivity index (χ0n) is 12.2. The van der Waals surface area contributed by atoms with Crippen LogP contribution in [0.2, 0.25) is 0 Å². The Morgan fingerprint density at radius 1 is 1.10 bits per heavy atom. The van der Waals surface area contributed by atoms with E-state index < -0.39 is 5.54 Å². The van der Waals surface area contributed by atoms with Crippen LogP contribution in [0.25, 0.3) is 0 Å². The van der Waals surface area contributed by atoms with Crippen LogP contribution in [0.15, 0.2) is 48.5 Å². The topological polar surface area (TPSA) is 26.0 Å². The average Bonchev–Trinajstić information content (AvgIpc) is 2.44. The van der Waals surface area contributed by atoms with Crippen LogP contribution in [0, 0.1) is 12.7 Å². The lowest BCUT2D eigenvalue weighted by Gasteiger charge is -2.31. The maximum atomic E-state index is 13.5. The van der Waals surface area contributed by atoms with Crippen molar-refractivity contribution in [2.45, 2.75) is 38.6 Å². The van der Waals surface area contributed by atoms with E-state index >= 15 is 0 Å². The van der Waals surface area contributed by atoms with Crippen LogP contribution >= 0.6 is 0 Å². The Kier molecular flexibility index (Phi) is 4.56. The van der Waals surface area contributed by atoms with Gasteiger partial charge in [0.2, 0.25) is 0 Å². The molecule has 1 unspecified atom stereocenters. The summed E-state index contributed by atoms with van der Waals surface area (Å²) in [4.78, 5) is 0. The Morgan fingerprint density at radius 2 is 1.80 bits per heavy atom. The fourth-order valence-electron chi connectivity index (χ4n) is 2.72. The molecule has 106 valence electrons. The molecule has 0 heterocycles. The second kappa shape index (κ2) is 6.19. The Labute approximate surface area is 120 Å². The molecule has 2 rings (SSSR count). The summed E-state index contributed by atoms with van der Waals surface area (Å²) >= 11 is 0. The van der Waals surface area contributed by atoms with Crippen LogP contribution < -0.4 is 5.73 Å². The first-order valence-electron chi connectivity index (χ1n) is 7.14. The zero-order valence-corrected chi connectivity index (χ0v) is 12.2. The van der Waals surface area contributed by atoms with Gasteiger partial charge in [-0.15, -0.1) is 0 Å². The molecule has 2 aromatic carbocycles. The van der Waals surface area contributed by atoms with Crippen molar-refractivity contribution in [2.24, 2.45) is 5.73 Å². The molecule has 0 amide bonds. The van der Waals surface area contributed by atoms with Crippen molar-refractivity contribution >= 4 is 0 Å². The van der Waals surface area contributed by atoms with E-state index in [0.717, 1.165) is 29.5 Å². The Bertz CT molecular complexity index is 565. The lowest BCUT2D eigenvalue weighted by atomic mass is 9.80. The summed E-state index contributed by atoms with van der Waals surface area (Å²) in [6, 6.07) is 15.0. The Morgan fingerprint density at radius 3 is 2.45 bits per heavy atom. The van der Waals surface area contributed by atoms with E-state index in [0.29, 0.717) is 6.42 Å². The van der Waals surface area contributed by atoms with Gasteiger partial charge in [0.15, 0.2) is 0 Å². The van der Waals surface area contributed by atoms with Crippen molar-refractivity contribution in [3.63, 3.8) is 0 Å². The third-order valence-electron chi connectivity index (χ3n) is 3.86. The van der Waals surface area contributed by atoms with Gasteiger partial charge in [-0.3, -0.25) is 0 Å². The van der Waals surface area contributed by atoms with E-state index in [1.807, 2.05) is 31.2 Å². The highest BCUT2D eigenvalue weighted by molar-refractivity contribution is 5.32. The number of halogens is 1. The molecule has 0 aliphatic heterocycles. The molecule has 0 saturated heterocycles. The molecular weight excluding hydrogens is 249 g/mol. The van der Waals surface area contributed by atoms with Crippen molar-refractivity contribution in [3.8, 4) is 0 Å². The third-order valence-corrected chi connectivity index (χ3v) is 3.86. The summed E-state index contributed by atoms with van der Waals surface area (Å²) in [5.41, 5.74) is 9.42. The standard InChI is InChI=1S/C18H22FN/c1-3-11-18(20,16-7-5-4-6-8-16)13-15-12-17(19)10-9-14(15)2/h4-10,12H,3,11,13,20H2,1-2H3. The Hall–Kier alpha value is -1.67. The molecule has 0 aliphatic carbocycles. The van der Waals surface area contributed by atoms with Gasteiger partial charge < -0.3 is 5.73 Å². The van der Waals surface area contributed by atoms with Gasteiger partial charge in [0.25, 0.3) is 0 Å². The van der Waals surface area contributed by atoms with Gasteiger partial charge in [-0.25, -0.2) is 4.39 Å². The van der Waals surface area contributed by atoms with Crippen LogP contribution in [0.3, 0.4) is 0 Å². The fraction of sp³-hybridized carbons (Fsp3) is 0.333. The second-order valence-corrected chi connectivity index (χ2v) is 5.52. The molecule has 0 saturated carbocycles. The fourth-order valence-corrected chi connectivity index (χ4v) is 2.72. The molecule has 0 aromatic heterocycles. The molecule has 0 radical (unpaired) electrons. The van der Waals surface area contributed by atoms with Crippen LogP contribution in [0.1, 0.15) is 36.5 Å². The molecule has 0 aliphatic rings. The van der Waals surface area contributed by atoms with Gasteiger partial charge in [-0.2, -0.15) is 0 Å². The summed E-state index contributed by atoms with van der Waals surface area (Å²) in [6.45, 7) is 4.13. The van der Waals surface area contributed by atoms with Gasteiger partial charge in [-0.1, -0.05) is 49.7 Å². The maximum Gasteiger partial charge on any atom is 0.123 e.